The minimum Gasteiger partial charge on any atom is -0.482 e. The Bertz CT molecular complexity index is 421. The molecular formula is C14H20ClNO3. The molecule has 1 atom stereocenters. The SMILES string of the molecule is CCCCNC(=O)COc1ccc(C(C)O)cc1Cl. The van der Waals surface area contributed by atoms with Gasteiger partial charge >= 0.3 is 0 Å². The zero-order valence-electron chi connectivity index (χ0n) is 11.3. The summed E-state index contributed by atoms with van der Waals surface area (Å²) < 4.78 is 5.34. The van der Waals surface area contributed by atoms with Crippen LogP contribution >= 0.6 is 11.6 Å². The molecule has 1 amide bonds. The minimum absolute atomic E-state index is 0.0581. The number of nitrogens with one attached hydrogen (secondary N) is 1. The van der Waals surface area contributed by atoms with E-state index in [-0.39, 0.29) is 12.5 Å². The molecule has 0 aromatic heterocycles. The Balaban J connectivity index is 2.47. The molecular weight excluding hydrogens is 266 g/mol. The number of carbonyl (C=O) groups excluding carboxylic acids is 1. The molecule has 1 aromatic carbocycles. The van der Waals surface area contributed by atoms with Gasteiger partial charge in [-0.3, -0.25) is 4.79 Å². The quantitative estimate of drug-likeness (QED) is 0.757. The summed E-state index contributed by atoms with van der Waals surface area (Å²) in [5.41, 5.74) is 0.713. The number of aliphatic hydroxyl groups excluding tert-OH is 1. The molecule has 0 radical (unpaired) electrons. The van der Waals surface area contributed by atoms with Crippen molar-refractivity contribution in [2.24, 2.45) is 0 Å². The van der Waals surface area contributed by atoms with Crippen molar-refractivity contribution in [3.8, 4) is 5.75 Å². The van der Waals surface area contributed by atoms with Crippen LogP contribution < -0.4 is 10.1 Å². The summed E-state index contributed by atoms with van der Waals surface area (Å²) in [6, 6.07) is 5.02. The third kappa shape index (κ3) is 5.49. The van der Waals surface area contributed by atoms with E-state index in [0.717, 1.165) is 12.8 Å². The molecule has 19 heavy (non-hydrogen) atoms. The van der Waals surface area contributed by atoms with Crippen molar-refractivity contribution in [2.45, 2.75) is 32.8 Å². The smallest absolute Gasteiger partial charge is 0.257 e. The van der Waals surface area contributed by atoms with Gasteiger partial charge in [0.2, 0.25) is 0 Å². The van der Waals surface area contributed by atoms with Gasteiger partial charge in [0.25, 0.3) is 5.91 Å². The van der Waals surface area contributed by atoms with E-state index in [4.69, 9.17) is 16.3 Å². The van der Waals surface area contributed by atoms with Crippen LogP contribution in [0.1, 0.15) is 38.4 Å². The standard InChI is InChI=1S/C14H20ClNO3/c1-3-4-7-16-14(18)9-19-13-6-5-11(10(2)17)8-12(13)15/h5-6,8,10,17H,3-4,7,9H2,1-2H3,(H,16,18). The third-order valence-corrected chi connectivity index (χ3v) is 2.94. The van der Waals surface area contributed by atoms with Crippen LogP contribution in [-0.2, 0) is 4.79 Å². The van der Waals surface area contributed by atoms with Crippen LogP contribution in [0.15, 0.2) is 18.2 Å². The molecule has 0 aliphatic rings. The monoisotopic (exact) mass is 285 g/mol. The molecule has 0 heterocycles. The second kappa shape index (κ2) is 8.02. The summed E-state index contributed by atoms with van der Waals surface area (Å²) in [5, 5.41) is 12.6. The van der Waals surface area contributed by atoms with Gasteiger partial charge in [-0.05, 0) is 31.0 Å². The number of ether oxygens (including phenoxy) is 1. The highest BCUT2D eigenvalue weighted by atomic mass is 35.5. The fourth-order valence-electron chi connectivity index (χ4n) is 1.49. The van der Waals surface area contributed by atoms with Crippen molar-refractivity contribution in [3.63, 3.8) is 0 Å². The van der Waals surface area contributed by atoms with Crippen LogP contribution in [0.5, 0.6) is 5.75 Å². The molecule has 106 valence electrons. The molecule has 0 spiro atoms. The Hall–Kier alpha value is -1.26. The molecule has 2 N–H and O–H groups in total. The Morgan fingerprint density at radius 2 is 2.26 bits per heavy atom. The Kier molecular flexibility index (Phi) is 6.67. The second-order valence-electron chi connectivity index (χ2n) is 4.36. The van der Waals surface area contributed by atoms with E-state index in [2.05, 4.69) is 12.2 Å². The molecule has 0 bridgehead atoms. The molecule has 1 aromatic rings. The number of halogens is 1. The number of unbranched alkanes of at least 4 members (excludes halogenated alkanes) is 1. The summed E-state index contributed by atoms with van der Waals surface area (Å²) in [7, 11) is 0. The van der Waals surface area contributed by atoms with Gasteiger partial charge in [-0.15, -0.1) is 0 Å². The van der Waals surface area contributed by atoms with Crippen LogP contribution in [0, 0.1) is 0 Å². The van der Waals surface area contributed by atoms with Crippen molar-refractivity contribution < 1.29 is 14.6 Å². The fourth-order valence-corrected chi connectivity index (χ4v) is 1.74. The molecule has 0 fully saturated rings. The van der Waals surface area contributed by atoms with Gasteiger partial charge in [-0.2, -0.15) is 0 Å². The molecule has 0 saturated carbocycles. The zero-order chi connectivity index (χ0) is 14.3. The number of hydrogen-bond donors (Lipinski definition) is 2. The molecule has 0 aliphatic carbocycles. The van der Waals surface area contributed by atoms with Crippen molar-refractivity contribution in [1.82, 2.24) is 5.32 Å². The Labute approximate surface area is 118 Å². The first-order valence-corrected chi connectivity index (χ1v) is 6.79. The van der Waals surface area contributed by atoms with Crippen LogP contribution in [0.2, 0.25) is 5.02 Å². The predicted molar refractivity (Wildman–Crippen MR) is 75.5 cm³/mol. The van der Waals surface area contributed by atoms with E-state index < -0.39 is 6.10 Å². The van der Waals surface area contributed by atoms with E-state index in [1.165, 1.54) is 0 Å². The number of amides is 1. The van der Waals surface area contributed by atoms with Crippen LogP contribution in [-0.4, -0.2) is 24.2 Å². The number of rotatable bonds is 7. The Morgan fingerprint density at radius 3 is 2.84 bits per heavy atom. The van der Waals surface area contributed by atoms with Crippen LogP contribution in [0.4, 0.5) is 0 Å². The first kappa shape index (κ1) is 15.8. The summed E-state index contributed by atoms with van der Waals surface area (Å²) in [4.78, 5) is 11.5. The van der Waals surface area contributed by atoms with Crippen LogP contribution in [0.25, 0.3) is 0 Å². The Morgan fingerprint density at radius 1 is 1.53 bits per heavy atom. The molecule has 4 nitrogen and oxygen atoms in total. The lowest BCUT2D eigenvalue weighted by Crippen LogP contribution is -2.29. The molecule has 1 rings (SSSR count). The molecule has 1 unspecified atom stereocenters. The number of benzene rings is 1. The van der Waals surface area contributed by atoms with Gasteiger partial charge in [-0.25, -0.2) is 0 Å². The summed E-state index contributed by atoms with van der Waals surface area (Å²) >= 11 is 6.02. The van der Waals surface area contributed by atoms with E-state index in [1.807, 2.05) is 0 Å². The van der Waals surface area contributed by atoms with Crippen LogP contribution in [0.3, 0.4) is 0 Å². The van der Waals surface area contributed by atoms with Crippen molar-refractivity contribution in [3.05, 3.63) is 28.8 Å². The fraction of sp³-hybridized carbons (Fsp3) is 0.500. The van der Waals surface area contributed by atoms with Crippen molar-refractivity contribution in [1.29, 1.82) is 0 Å². The lowest BCUT2D eigenvalue weighted by Gasteiger charge is -2.11. The molecule has 5 heteroatoms. The summed E-state index contributed by atoms with van der Waals surface area (Å²) in [5.74, 6) is 0.279. The number of hydrogen-bond acceptors (Lipinski definition) is 3. The van der Waals surface area contributed by atoms with E-state index in [0.29, 0.717) is 22.9 Å². The van der Waals surface area contributed by atoms with Gasteiger partial charge in [-0.1, -0.05) is 31.0 Å². The highest BCUT2D eigenvalue weighted by Crippen LogP contribution is 2.27. The van der Waals surface area contributed by atoms with Gasteiger partial charge in [0.15, 0.2) is 6.61 Å². The highest BCUT2D eigenvalue weighted by molar-refractivity contribution is 6.32. The first-order chi connectivity index (χ1) is 9.04. The summed E-state index contributed by atoms with van der Waals surface area (Å²) in [6.45, 7) is 4.32. The number of aliphatic hydroxyl groups is 1. The van der Waals surface area contributed by atoms with Crippen molar-refractivity contribution >= 4 is 17.5 Å². The van der Waals surface area contributed by atoms with Crippen molar-refractivity contribution in [2.75, 3.05) is 13.2 Å². The highest BCUT2D eigenvalue weighted by Gasteiger charge is 2.08. The molecule has 0 aliphatic heterocycles. The van der Waals surface area contributed by atoms with E-state index in [1.54, 1.807) is 25.1 Å². The number of carbonyl (C=O) groups is 1. The lowest BCUT2D eigenvalue weighted by atomic mass is 10.1. The average molecular weight is 286 g/mol. The largest absolute Gasteiger partial charge is 0.482 e. The maximum Gasteiger partial charge on any atom is 0.257 e. The van der Waals surface area contributed by atoms with E-state index in [9.17, 15) is 9.90 Å². The first-order valence-electron chi connectivity index (χ1n) is 6.41. The van der Waals surface area contributed by atoms with Gasteiger partial charge < -0.3 is 15.2 Å². The molecule has 0 saturated heterocycles. The maximum absolute atomic E-state index is 11.5. The minimum atomic E-state index is -0.580. The average Bonchev–Trinajstić information content (AvgIpc) is 2.37. The second-order valence-corrected chi connectivity index (χ2v) is 4.77. The van der Waals surface area contributed by atoms with E-state index >= 15 is 0 Å². The topological polar surface area (TPSA) is 58.6 Å². The maximum atomic E-state index is 11.5. The summed E-state index contributed by atoms with van der Waals surface area (Å²) in [6.07, 6.45) is 1.41. The zero-order valence-corrected chi connectivity index (χ0v) is 12.0. The third-order valence-electron chi connectivity index (χ3n) is 2.65. The van der Waals surface area contributed by atoms with Gasteiger partial charge in [0.1, 0.15) is 5.75 Å². The van der Waals surface area contributed by atoms with Gasteiger partial charge in [0, 0.05) is 6.54 Å². The van der Waals surface area contributed by atoms with Gasteiger partial charge in [0.05, 0.1) is 11.1 Å². The predicted octanol–water partition coefficient (Wildman–Crippen LogP) is 2.69. The normalized spacial score (nSPS) is 12.0. The lowest BCUT2D eigenvalue weighted by molar-refractivity contribution is -0.123.